The number of aromatic hydroxyl groups is 2. The third kappa shape index (κ3) is 2.66. The summed E-state index contributed by atoms with van der Waals surface area (Å²) >= 11 is 0. The number of carbonyl (C=O) groups is 1. The molecule has 0 aliphatic heterocycles. The van der Waals surface area contributed by atoms with Gasteiger partial charge in [0.05, 0.1) is 5.92 Å². The van der Waals surface area contributed by atoms with E-state index in [4.69, 9.17) is 4.74 Å². The average Bonchev–Trinajstić information content (AvgIpc) is 2.26. The van der Waals surface area contributed by atoms with E-state index in [9.17, 15) is 15.0 Å². The number of esters is 1. The highest BCUT2D eigenvalue weighted by atomic mass is 16.5. The molecule has 0 bridgehead atoms. The first-order valence-electron chi connectivity index (χ1n) is 5.32. The minimum atomic E-state index is -0.401. The molecule has 0 heterocycles. The molecule has 0 fully saturated rings. The minimum Gasteiger partial charge on any atom is -0.504 e. The summed E-state index contributed by atoms with van der Waals surface area (Å²) in [7, 11) is 0. The summed E-state index contributed by atoms with van der Waals surface area (Å²) in [6.45, 7) is 3.80. The second kappa shape index (κ2) is 5.39. The minimum absolute atomic E-state index is 0.00287. The molecule has 0 amide bonds. The number of phenols is 2. The Morgan fingerprint density at radius 2 is 1.94 bits per heavy atom. The molecular formula is C12H16O4. The van der Waals surface area contributed by atoms with Crippen molar-refractivity contribution in [2.45, 2.75) is 26.7 Å². The Hall–Kier alpha value is -1.71. The first-order chi connectivity index (χ1) is 7.60. The van der Waals surface area contributed by atoms with Crippen LogP contribution in [0.15, 0.2) is 18.2 Å². The molecule has 1 aromatic carbocycles. The zero-order valence-corrected chi connectivity index (χ0v) is 9.43. The maximum Gasteiger partial charge on any atom is 0.314 e. The predicted octanol–water partition coefficient (Wildman–Crippen LogP) is 2.44. The highest BCUT2D eigenvalue weighted by Gasteiger charge is 2.18. The van der Waals surface area contributed by atoms with Crippen molar-refractivity contribution in [1.82, 2.24) is 0 Å². The summed E-state index contributed by atoms with van der Waals surface area (Å²) in [5.74, 6) is -1.26. The molecule has 1 rings (SSSR count). The molecule has 0 atom stereocenters. The fourth-order valence-corrected chi connectivity index (χ4v) is 1.41. The summed E-state index contributed by atoms with van der Waals surface area (Å²) in [6, 6.07) is 4.27. The Morgan fingerprint density at radius 3 is 2.50 bits per heavy atom. The smallest absolute Gasteiger partial charge is 0.314 e. The molecule has 88 valence electrons. The van der Waals surface area contributed by atoms with Crippen molar-refractivity contribution in [3.8, 4) is 17.2 Å². The van der Waals surface area contributed by atoms with Crippen LogP contribution in [0.4, 0.5) is 0 Å². The van der Waals surface area contributed by atoms with Crippen LogP contribution in [0.5, 0.6) is 17.2 Å². The largest absolute Gasteiger partial charge is 0.504 e. The molecule has 2 N–H and O–H groups in total. The van der Waals surface area contributed by atoms with Crippen LogP contribution in [0.1, 0.15) is 26.7 Å². The molecule has 0 spiro atoms. The van der Waals surface area contributed by atoms with E-state index >= 15 is 0 Å². The van der Waals surface area contributed by atoms with Crippen LogP contribution in [0.2, 0.25) is 0 Å². The van der Waals surface area contributed by atoms with Crippen LogP contribution in [0.3, 0.4) is 0 Å². The van der Waals surface area contributed by atoms with Crippen molar-refractivity contribution >= 4 is 5.97 Å². The fourth-order valence-electron chi connectivity index (χ4n) is 1.41. The second-order valence-electron chi connectivity index (χ2n) is 3.56. The summed E-state index contributed by atoms with van der Waals surface area (Å²) in [6.07, 6.45) is 1.38. The van der Waals surface area contributed by atoms with Gasteiger partial charge in [0.25, 0.3) is 0 Å². The normalized spacial score (nSPS) is 10.4. The first-order valence-corrected chi connectivity index (χ1v) is 5.32. The number of carbonyl (C=O) groups excluding carboxylic acids is 1. The van der Waals surface area contributed by atoms with E-state index in [0.717, 1.165) is 0 Å². The molecule has 0 saturated heterocycles. The molecule has 1 aromatic rings. The number of phenolic OH excluding ortho intramolecular Hbond substituents is 2. The fraction of sp³-hybridized carbons (Fsp3) is 0.417. The summed E-state index contributed by atoms with van der Waals surface area (Å²) in [4.78, 5) is 11.6. The van der Waals surface area contributed by atoms with Crippen molar-refractivity contribution < 1.29 is 19.7 Å². The van der Waals surface area contributed by atoms with Gasteiger partial charge in [0.2, 0.25) is 5.75 Å². The molecule has 0 radical (unpaired) electrons. The van der Waals surface area contributed by atoms with Crippen molar-refractivity contribution in [2.75, 3.05) is 0 Å². The van der Waals surface area contributed by atoms with Gasteiger partial charge < -0.3 is 14.9 Å². The SMILES string of the molecule is CCC(CC)C(=O)Oc1cccc(O)c1O. The van der Waals surface area contributed by atoms with Crippen molar-refractivity contribution in [2.24, 2.45) is 5.92 Å². The van der Waals surface area contributed by atoms with Gasteiger partial charge in [-0.1, -0.05) is 19.9 Å². The average molecular weight is 224 g/mol. The molecule has 0 saturated carbocycles. The van der Waals surface area contributed by atoms with Crippen LogP contribution < -0.4 is 4.74 Å². The molecule has 0 aliphatic rings. The predicted molar refractivity (Wildman–Crippen MR) is 59.5 cm³/mol. The van der Waals surface area contributed by atoms with Crippen LogP contribution in [-0.4, -0.2) is 16.2 Å². The number of ether oxygens (including phenoxy) is 1. The van der Waals surface area contributed by atoms with Gasteiger partial charge in [0.15, 0.2) is 11.5 Å². The van der Waals surface area contributed by atoms with Gasteiger partial charge in [-0.25, -0.2) is 0 Å². The molecule has 16 heavy (non-hydrogen) atoms. The van der Waals surface area contributed by atoms with Crippen LogP contribution >= 0.6 is 0 Å². The molecule has 0 unspecified atom stereocenters. The van der Waals surface area contributed by atoms with E-state index in [1.165, 1.54) is 18.2 Å². The van der Waals surface area contributed by atoms with E-state index in [-0.39, 0.29) is 23.4 Å². The maximum atomic E-state index is 11.6. The van der Waals surface area contributed by atoms with E-state index < -0.39 is 5.75 Å². The third-order valence-electron chi connectivity index (χ3n) is 2.51. The highest BCUT2D eigenvalue weighted by Crippen LogP contribution is 2.35. The Bertz CT molecular complexity index is 369. The van der Waals surface area contributed by atoms with Crippen molar-refractivity contribution in [3.63, 3.8) is 0 Å². The van der Waals surface area contributed by atoms with Gasteiger partial charge in [-0.15, -0.1) is 0 Å². The monoisotopic (exact) mass is 224 g/mol. The zero-order chi connectivity index (χ0) is 12.1. The first kappa shape index (κ1) is 12.4. The van der Waals surface area contributed by atoms with Crippen LogP contribution in [0.25, 0.3) is 0 Å². The summed E-state index contributed by atoms with van der Waals surface area (Å²) in [5, 5.41) is 18.7. The maximum absolute atomic E-state index is 11.6. The number of rotatable bonds is 4. The van der Waals surface area contributed by atoms with Gasteiger partial charge in [-0.3, -0.25) is 4.79 Å². The lowest BCUT2D eigenvalue weighted by Gasteiger charge is -2.12. The quantitative estimate of drug-likeness (QED) is 0.468. The Morgan fingerprint density at radius 1 is 1.31 bits per heavy atom. The Balaban J connectivity index is 2.80. The molecule has 4 nitrogen and oxygen atoms in total. The Kier molecular flexibility index (Phi) is 4.17. The van der Waals surface area contributed by atoms with Crippen LogP contribution in [0, 0.1) is 5.92 Å². The molecule has 0 aromatic heterocycles. The van der Waals surface area contributed by atoms with Gasteiger partial charge in [-0.05, 0) is 25.0 Å². The second-order valence-corrected chi connectivity index (χ2v) is 3.56. The lowest BCUT2D eigenvalue weighted by molar-refractivity contribution is -0.139. The molecular weight excluding hydrogens is 208 g/mol. The van der Waals surface area contributed by atoms with Crippen LogP contribution in [-0.2, 0) is 4.79 Å². The lowest BCUT2D eigenvalue weighted by atomic mass is 10.0. The van der Waals surface area contributed by atoms with E-state index in [1.807, 2.05) is 13.8 Å². The van der Waals surface area contributed by atoms with Gasteiger partial charge in [0, 0.05) is 0 Å². The van der Waals surface area contributed by atoms with E-state index in [0.29, 0.717) is 12.8 Å². The standard InChI is InChI=1S/C12H16O4/c1-3-8(4-2)12(15)16-10-7-5-6-9(13)11(10)14/h5-8,13-14H,3-4H2,1-2H3. The third-order valence-corrected chi connectivity index (χ3v) is 2.51. The van der Waals surface area contributed by atoms with Crippen molar-refractivity contribution in [1.29, 1.82) is 0 Å². The molecule has 4 heteroatoms. The number of benzene rings is 1. The summed E-state index contributed by atoms with van der Waals surface area (Å²) < 4.78 is 5.02. The highest BCUT2D eigenvalue weighted by molar-refractivity contribution is 5.76. The summed E-state index contributed by atoms with van der Waals surface area (Å²) in [5.41, 5.74) is 0. The van der Waals surface area contributed by atoms with Gasteiger partial charge in [0.1, 0.15) is 0 Å². The topological polar surface area (TPSA) is 66.8 Å². The molecule has 0 aliphatic carbocycles. The van der Waals surface area contributed by atoms with Crippen molar-refractivity contribution in [3.05, 3.63) is 18.2 Å². The number of para-hydroxylation sites is 1. The van der Waals surface area contributed by atoms with Gasteiger partial charge >= 0.3 is 5.97 Å². The van der Waals surface area contributed by atoms with E-state index in [2.05, 4.69) is 0 Å². The Labute approximate surface area is 94.5 Å². The van der Waals surface area contributed by atoms with E-state index in [1.54, 1.807) is 0 Å². The number of hydrogen-bond acceptors (Lipinski definition) is 4. The van der Waals surface area contributed by atoms with Gasteiger partial charge in [-0.2, -0.15) is 0 Å². The zero-order valence-electron chi connectivity index (χ0n) is 9.43. The lowest BCUT2D eigenvalue weighted by Crippen LogP contribution is -2.19. The number of hydrogen-bond donors (Lipinski definition) is 2.